The molecular formula is C15H25N5O8. The number of amides is 4. The van der Waals surface area contributed by atoms with Crippen molar-refractivity contribution < 1.29 is 39.0 Å². The first kappa shape index (κ1) is 24.8. The molecule has 0 fully saturated rings. The van der Waals surface area contributed by atoms with Crippen molar-refractivity contribution in [3.05, 3.63) is 0 Å². The van der Waals surface area contributed by atoms with E-state index in [2.05, 4.69) is 16.0 Å². The van der Waals surface area contributed by atoms with Crippen molar-refractivity contribution in [2.75, 3.05) is 6.54 Å². The lowest BCUT2D eigenvalue weighted by molar-refractivity contribution is -0.143. The molecule has 9 N–H and O–H groups in total. The molecule has 0 aliphatic rings. The van der Waals surface area contributed by atoms with Crippen LogP contribution in [0, 0.1) is 0 Å². The average molecular weight is 403 g/mol. The molecule has 0 aromatic carbocycles. The van der Waals surface area contributed by atoms with E-state index in [0.29, 0.717) is 0 Å². The molecule has 0 radical (unpaired) electrons. The molecule has 4 amide bonds. The van der Waals surface area contributed by atoms with Crippen LogP contribution in [0.15, 0.2) is 0 Å². The van der Waals surface area contributed by atoms with E-state index in [4.69, 9.17) is 21.7 Å². The summed E-state index contributed by atoms with van der Waals surface area (Å²) < 4.78 is 0. The Labute approximate surface area is 160 Å². The van der Waals surface area contributed by atoms with Gasteiger partial charge in [-0.15, -0.1) is 0 Å². The van der Waals surface area contributed by atoms with Gasteiger partial charge >= 0.3 is 11.9 Å². The van der Waals surface area contributed by atoms with Crippen LogP contribution in [0.2, 0.25) is 0 Å². The molecule has 0 saturated heterocycles. The third kappa shape index (κ3) is 10.1. The lowest BCUT2D eigenvalue weighted by Crippen LogP contribution is -2.55. The second-order valence-electron chi connectivity index (χ2n) is 5.89. The quantitative estimate of drug-likeness (QED) is 0.162. The van der Waals surface area contributed by atoms with E-state index in [9.17, 15) is 28.8 Å². The smallest absolute Gasteiger partial charge is 0.326 e. The summed E-state index contributed by atoms with van der Waals surface area (Å²) in [5.41, 5.74) is 10.1. The van der Waals surface area contributed by atoms with E-state index in [0.717, 1.165) is 0 Å². The van der Waals surface area contributed by atoms with Crippen molar-refractivity contribution in [1.29, 1.82) is 0 Å². The first-order valence-corrected chi connectivity index (χ1v) is 8.31. The molecule has 0 aliphatic heterocycles. The predicted molar refractivity (Wildman–Crippen MR) is 93.5 cm³/mol. The van der Waals surface area contributed by atoms with Gasteiger partial charge in [0.1, 0.15) is 18.1 Å². The van der Waals surface area contributed by atoms with Gasteiger partial charge in [-0.1, -0.05) is 0 Å². The van der Waals surface area contributed by atoms with Crippen LogP contribution in [0.25, 0.3) is 0 Å². The maximum atomic E-state index is 12.3. The molecule has 0 heterocycles. The molecule has 0 rings (SSSR count). The summed E-state index contributed by atoms with van der Waals surface area (Å²) in [5.74, 6) is -5.80. The maximum absolute atomic E-state index is 12.3. The highest BCUT2D eigenvalue weighted by Gasteiger charge is 2.28. The van der Waals surface area contributed by atoms with E-state index >= 15 is 0 Å². The number of aliphatic carboxylic acids is 2. The van der Waals surface area contributed by atoms with Gasteiger partial charge in [0.2, 0.25) is 23.6 Å². The first-order valence-electron chi connectivity index (χ1n) is 8.31. The Morgan fingerprint density at radius 2 is 1.39 bits per heavy atom. The standard InChI is InChI=1S/C15H25N5O8/c1-7(18-11(22)6-16)13(25)19-8(3-5-12(23)24)14(26)20-9(15(27)28)2-4-10(17)21/h7-9H,2-6,16H2,1H3,(H2,17,21)(H,18,22)(H,19,25)(H,20,26)(H,23,24)(H,27,28). The number of rotatable bonds is 13. The van der Waals surface area contributed by atoms with Gasteiger partial charge in [0, 0.05) is 12.8 Å². The summed E-state index contributed by atoms with van der Waals surface area (Å²) in [6, 6.07) is -3.91. The minimum absolute atomic E-state index is 0.279. The van der Waals surface area contributed by atoms with Crippen LogP contribution in [-0.4, -0.2) is 70.5 Å². The number of carbonyl (C=O) groups excluding carboxylic acids is 4. The van der Waals surface area contributed by atoms with Gasteiger partial charge < -0.3 is 37.6 Å². The molecule has 13 heteroatoms. The zero-order valence-corrected chi connectivity index (χ0v) is 15.3. The molecular weight excluding hydrogens is 378 g/mol. The SMILES string of the molecule is CC(NC(=O)CN)C(=O)NC(CCC(=O)O)C(=O)NC(CCC(N)=O)C(=O)O. The number of hydrogen-bond acceptors (Lipinski definition) is 7. The number of carbonyl (C=O) groups is 6. The summed E-state index contributed by atoms with van der Waals surface area (Å²) in [6.07, 6.45) is -1.39. The zero-order valence-electron chi connectivity index (χ0n) is 15.3. The number of carboxylic acids is 2. The molecule has 0 aliphatic carbocycles. The second-order valence-corrected chi connectivity index (χ2v) is 5.89. The number of primary amides is 1. The van der Waals surface area contributed by atoms with E-state index in [1.807, 2.05) is 0 Å². The molecule has 13 nitrogen and oxygen atoms in total. The molecule has 0 spiro atoms. The number of hydrogen-bond donors (Lipinski definition) is 7. The van der Waals surface area contributed by atoms with E-state index in [-0.39, 0.29) is 25.8 Å². The zero-order chi connectivity index (χ0) is 21.9. The van der Waals surface area contributed by atoms with E-state index in [1.165, 1.54) is 6.92 Å². The van der Waals surface area contributed by atoms with Crippen LogP contribution in [0.3, 0.4) is 0 Å². The summed E-state index contributed by atoms with van der Waals surface area (Å²) >= 11 is 0. The maximum Gasteiger partial charge on any atom is 0.326 e. The third-order valence-corrected chi connectivity index (χ3v) is 3.53. The van der Waals surface area contributed by atoms with Crippen molar-refractivity contribution >= 4 is 35.6 Å². The Kier molecular flexibility index (Phi) is 10.8. The van der Waals surface area contributed by atoms with Gasteiger partial charge in [0.05, 0.1) is 6.54 Å². The van der Waals surface area contributed by atoms with Crippen LogP contribution in [-0.2, 0) is 28.8 Å². The fourth-order valence-electron chi connectivity index (χ4n) is 2.02. The van der Waals surface area contributed by atoms with Gasteiger partial charge in [0.15, 0.2) is 0 Å². The predicted octanol–water partition coefficient (Wildman–Crippen LogP) is -3.37. The topological polar surface area (TPSA) is 231 Å². The number of nitrogens with two attached hydrogens (primary N) is 2. The van der Waals surface area contributed by atoms with Gasteiger partial charge in [-0.05, 0) is 19.8 Å². The Morgan fingerprint density at radius 1 is 0.857 bits per heavy atom. The third-order valence-electron chi connectivity index (χ3n) is 3.53. The minimum Gasteiger partial charge on any atom is -0.481 e. The average Bonchev–Trinajstić information content (AvgIpc) is 2.60. The monoisotopic (exact) mass is 403 g/mol. The van der Waals surface area contributed by atoms with Crippen LogP contribution in [0.4, 0.5) is 0 Å². The highest BCUT2D eigenvalue weighted by atomic mass is 16.4. The van der Waals surface area contributed by atoms with Crippen molar-refractivity contribution in [2.24, 2.45) is 11.5 Å². The molecule has 158 valence electrons. The molecule has 28 heavy (non-hydrogen) atoms. The van der Waals surface area contributed by atoms with Crippen molar-refractivity contribution in [3.63, 3.8) is 0 Å². The van der Waals surface area contributed by atoms with E-state index < -0.39 is 60.1 Å². The molecule has 3 unspecified atom stereocenters. The van der Waals surface area contributed by atoms with Crippen LogP contribution < -0.4 is 27.4 Å². The Hall–Kier alpha value is -3.22. The summed E-state index contributed by atoms with van der Waals surface area (Å²) in [6.45, 7) is 0.961. The molecule has 3 atom stereocenters. The van der Waals surface area contributed by atoms with Gasteiger partial charge in [0.25, 0.3) is 0 Å². The van der Waals surface area contributed by atoms with Gasteiger partial charge in [-0.2, -0.15) is 0 Å². The highest BCUT2D eigenvalue weighted by Crippen LogP contribution is 2.03. The lowest BCUT2D eigenvalue weighted by atomic mass is 10.1. The fraction of sp³-hybridized carbons (Fsp3) is 0.600. The number of nitrogens with one attached hydrogen (secondary N) is 3. The molecule has 0 aromatic heterocycles. The van der Waals surface area contributed by atoms with Gasteiger partial charge in [-0.25, -0.2) is 4.79 Å². The second kappa shape index (κ2) is 12.2. The largest absolute Gasteiger partial charge is 0.481 e. The molecule has 0 aromatic rings. The Bertz CT molecular complexity index is 624. The summed E-state index contributed by atoms with van der Waals surface area (Å²) in [7, 11) is 0. The lowest BCUT2D eigenvalue weighted by Gasteiger charge is -2.22. The normalized spacial score (nSPS) is 13.5. The van der Waals surface area contributed by atoms with Crippen LogP contribution in [0.1, 0.15) is 32.6 Å². The fourth-order valence-corrected chi connectivity index (χ4v) is 2.02. The van der Waals surface area contributed by atoms with Gasteiger partial charge in [-0.3, -0.25) is 24.0 Å². The molecule has 0 bridgehead atoms. The Morgan fingerprint density at radius 3 is 1.86 bits per heavy atom. The molecule has 0 saturated carbocycles. The highest BCUT2D eigenvalue weighted by molar-refractivity contribution is 5.93. The minimum atomic E-state index is -1.46. The van der Waals surface area contributed by atoms with Crippen molar-refractivity contribution in [3.8, 4) is 0 Å². The van der Waals surface area contributed by atoms with E-state index in [1.54, 1.807) is 0 Å². The van der Waals surface area contributed by atoms with Crippen molar-refractivity contribution in [2.45, 2.75) is 50.7 Å². The van der Waals surface area contributed by atoms with Crippen LogP contribution in [0.5, 0.6) is 0 Å². The first-order chi connectivity index (χ1) is 13.0. The van der Waals surface area contributed by atoms with Crippen LogP contribution >= 0.6 is 0 Å². The summed E-state index contributed by atoms with van der Waals surface area (Å²) in [4.78, 5) is 68.5. The summed E-state index contributed by atoms with van der Waals surface area (Å²) in [5, 5.41) is 24.6. The Balaban J connectivity index is 5.13. The van der Waals surface area contributed by atoms with Crippen molar-refractivity contribution in [1.82, 2.24) is 16.0 Å². The number of carboxylic acid groups (broad SMARTS) is 2.